The summed E-state index contributed by atoms with van der Waals surface area (Å²) < 4.78 is 16.0. The number of aryl methyl sites for hydroxylation is 1. The summed E-state index contributed by atoms with van der Waals surface area (Å²) in [6, 6.07) is 3.23. The van der Waals surface area contributed by atoms with Gasteiger partial charge in [0.1, 0.15) is 17.3 Å². The molecule has 0 unspecified atom stereocenters. The molecule has 0 aliphatic heterocycles. The van der Waals surface area contributed by atoms with E-state index >= 15 is 0 Å². The highest BCUT2D eigenvalue weighted by molar-refractivity contribution is 6.32. The average Bonchev–Trinajstić information content (AvgIpc) is 3.05. The summed E-state index contributed by atoms with van der Waals surface area (Å²) in [5.74, 6) is 1.83. The normalized spacial score (nSPS) is 16.6. The molecular weight excluding hydrogens is 368 g/mol. The Balaban J connectivity index is 1.88. The van der Waals surface area contributed by atoms with E-state index in [1.807, 2.05) is 0 Å². The van der Waals surface area contributed by atoms with Crippen LogP contribution in [0.4, 0.5) is 5.69 Å². The second-order valence-electron chi connectivity index (χ2n) is 7.88. The summed E-state index contributed by atoms with van der Waals surface area (Å²) in [6.45, 7) is 6.67. The number of hydrogen-bond acceptors (Lipinski definition) is 5. The molecule has 1 aliphatic rings. The second kappa shape index (κ2) is 7.43. The maximum atomic E-state index is 12.9. The molecule has 1 atom stereocenters. The smallest absolute Gasteiger partial charge is 0.278 e. The van der Waals surface area contributed by atoms with E-state index < -0.39 is 0 Å². The van der Waals surface area contributed by atoms with Crippen LogP contribution in [0.15, 0.2) is 16.7 Å². The molecule has 0 radical (unpaired) electrons. The van der Waals surface area contributed by atoms with Crippen molar-refractivity contribution in [2.24, 2.45) is 11.3 Å². The molecule has 0 saturated carbocycles. The molecule has 7 heteroatoms. The number of carbonyl (C=O) groups is 1. The predicted octanol–water partition coefficient (Wildman–Crippen LogP) is 4.75. The number of anilines is 1. The zero-order chi connectivity index (χ0) is 19.8. The van der Waals surface area contributed by atoms with E-state index in [0.717, 1.165) is 30.6 Å². The van der Waals surface area contributed by atoms with Crippen molar-refractivity contribution >= 4 is 23.2 Å². The van der Waals surface area contributed by atoms with Crippen LogP contribution < -0.4 is 14.8 Å². The third-order valence-corrected chi connectivity index (χ3v) is 5.50. The minimum absolute atomic E-state index is 0.162. The standard InChI is InChI=1S/C20H25ClN2O4/c1-20(2,3)11-6-7-15-12(8-11)18(23-27-15)19(24)22-14-10-16(25-4)13(21)9-17(14)26-5/h9-11H,6-8H2,1-5H3,(H,22,24)/t11-/m0/s1. The van der Waals surface area contributed by atoms with Gasteiger partial charge in [-0.2, -0.15) is 0 Å². The monoisotopic (exact) mass is 392 g/mol. The van der Waals surface area contributed by atoms with Crippen molar-refractivity contribution in [1.29, 1.82) is 0 Å². The van der Waals surface area contributed by atoms with Crippen LogP contribution in [-0.2, 0) is 12.8 Å². The van der Waals surface area contributed by atoms with E-state index in [2.05, 4.69) is 31.2 Å². The lowest BCUT2D eigenvalue weighted by atomic mass is 9.71. The number of aromatic nitrogens is 1. The maximum Gasteiger partial charge on any atom is 0.278 e. The number of amides is 1. The van der Waals surface area contributed by atoms with Crippen LogP contribution in [-0.4, -0.2) is 25.3 Å². The molecule has 6 nitrogen and oxygen atoms in total. The van der Waals surface area contributed by atoms with E-state index in [1.54, 1.807) is 12.1 Å². The van der Waals surface area contributed by atoms with Crippen LogP contribution >= 0.6 is 11.6 Å². The van der Waals surface area contributed by atoms with Gasteiger partial charge in [-0.15, -0.1) is 0 Å². The number of methoxy groups -OCH3 is 2. The van der Waals surface area contributed by atoms with Crippen molar-refractivity contribution < 1.29 is 18.8 Å². The molecule has 3 rings (SSSR count). The van der Waals surface area contributed by atoms with Gasteiger partial charge in [0.15, 0.2) is 5.69 Å². The number of nitrogens with one attached hydrogen (secondary N) is 1. The number of benzene rings is 1. The highest BCUT2D eigenvalue weighted by Gasteiger charge is 2.34. The molecule has 1 heterocycles. The first-order valence-corrected chi connectivity index (χ1v) is 9.32. The van der Waals surface area contributed by atoms with Gasteiger partial charge in [-0.3, -0.25) is 4.79 Å². The van der Waals surface area contributed by atoms with Gasteiger partial charge in [-0.05, 0) is 24.2 Å². The van der Waals surface area contributed by atoms with Crippen LogP contribution in [0.25, 0.3) is 0 Å². The Labute approximate surface area is 164 Å². The maximum absolute atomic E-state index is 12.9. The highest BCUT2D eigenvalue weighted by Crippen LogP contribution is 2.39. The minimum atomic E-state index is -0.336. The van der Waals surface area contributed by atoms with Crippen molar-refractivity contribution in [3.8, 4) is 11.5 Å². The lowest BCUT2D eigenvalue weighted by molar-refractivity contribution is 0.101. The number of ether oxygens (including phenoxy) is 2. The largest absolute Gasteiger partial charge is 0.495 e. The Bertz CT molecular complexity index is 854. The lowest BCUT2D eigenvalue weighted by Gasteiger charge is -2.33. The summed E-state index contributed by atoms with van der Waals surface area (Å²) in [4.78, 5) is 12.9. The molecule has 146 valence electrons. The van der Waals surface area contributed by atoms with Gasteiger partial charge < -0.3 is 19.3 Å². The predicted molar refractivity (Wildman–Crippen MR) is 104 cm³/mol. The molecule has 0 saturated heterocycles. The average molecular weight is 393 g/mol. The zero-order valence-corrected chi connectivity index (χ0v) is 17.1. The Morgan fingerprint density at radius 2 is 1.96 bits per heavy atom. The topological polar surface area (TPSA) is 73.6 Å². The fourth-order valence-electron chi connectivity index (χ4n) is 3.46. The summed E-state index contributed by atoms with van der Waals surface area (Å²) in [5.41, 5.74) is 1.85. The lowest BCUT2D eigenvalue weighted by Crippen LogP contribution is -2.27. The van der Waals surface area contributed by atoms with Crippen LogP contribution in [0, 0.1) is 11.3 Å². The Kier molecular flexibility index (Phi) is 5.38. The first kappa shape index (κ1) is 19.5. The highest BCUT2D eigenvalue weighted by atomic mass is 35.5. The zero-order valence-electron chi connectivity index (χ0n) is 16.3. The van der Waals surface area contributed by atoms with Crippen LogP contribution in [0.3, 0.4) is 0 Å². The third kappa shape index (κ3) is 3.90. The molecule has 1 N–H and O–H groups in total. The number of halogens is 1. The van der Waals surface area contributed by atoms with Gasteiger partial charge >= 0.3 is 0 Å². The quantitative estimate of drug-likeness (QED) is 0.812. The third-order valence-electron chi connectivity index (χ3n) is 5.20. The van der Waals surface area contributed by atoms with E-state index in [-0.39, 0.29) is 11.3 Å². The number of rotatable bonds is 4. The fraction of sp³-hybridized carbons (Fsp3) is 0.500. The molecule has 0 spiro atoms. The van der Waals surface area contributed by atoms with Crippen molar-refractivity contribution in [1.82, 2.24) is 5.16 Å². The number of nitrogens with zero attached hydrogens (tertiary/aromatic N) is 1. The van der Waals surface area contributed by atoms with Crippen molar-refractivity contribution in [3.05, 3.63) is 34.2 Å². The molecular formula is C20H25ClN2O4. The van der Waals surface area contributed by atoms with Gasteiger partial charge in [0.25, 0.3) is 5.91 Å². The SMILES string of the molecule is COc1cc(NC(=O)c2noc3c2C[C@@H](C(C)(C)C)CC3)c(OC)cc1Cl. The fourth-order valence-corrected chi connectivity index (χ4v) is 3.69. The van der Waals surface area contributed by atoms with Crippen molar-refractivity contribution in [2.75, 3.05) is 19.5 Å². The molecule has 0 fully saturated rings. The summed E-state index contributed by atoms with van der Waals surface area (Å²) >= 11 is 6.12. The first-order valence-electron chi connectivity index (χ1n) is 8.95. The summed E-state index contributed by atoms with van der Waals surface area (Å²) in [6.07, 6.45) is 2.62. The number of fused-ring (bicyclic) bond motifs is 1. The van der Waals surface area contributed by atoms with Gasteiger partial charge in [0, 0.05) is 24.1 Å². The first-order chi connectivity index (χ1) is 12.7. The van der Waals surface area contributed by atoms with Crippen LogP contribution in [0.1, 0.15) is 49.0 Å². The summed E-state index contributed by atoms with van der Waals surface area (Å²) in [7, 11) is 3.03. The van der Waals surface area contributed by atoms with E-state index in [9.17, 15) is 4.79 Å². The summed E-state index contributed by atoms with van der Waals surface area (Å²) in [5, 5.41) is 7.29. The van der Waals surface area contributed by atoms with Gasteiger partial charge in [0.2, 0.25) is 0 Å². The molecule has 1 aromatic heterocycles. The second-order valence-corrected chi connectivity index (χ2v) is 8.29. The van der Waals surface area contributed by atoms with Gasteiger partial charge in [0.05, 0.1) is 24.9 Å². The molecule has 1 aromatic carbocycles. The van der Waals surface area contributed by atoms with Crippen LogP contribution in [0.5, 0.6) is 11.5 Å². The van der Waals surface area contributed by atoms with Gasteiger partial charge in [-0.1, -0.05) is 37.5 Å². The van der Waals surface area contributed by atoms with Crippen LogP contribution in [0.2, 0.25) is 5.02 Å². The van der Waals surface area contributed by atoms with E-state index in [4.69, 9.17) is 25.6 Å². The molecule has 27 heavy (non-hydrogen) atoms. The molecule has 1 amide bonds. The molecule has 2 aromatic rings. The Morgan fingerprint density at radius 3 is 2.59 bits per heavy atom. The number of hydrogen-bond donors (Lipinski definition) is 1. The molecule has 1 aliphatic carbocycles. The molecule has 0 bridgehead atoms. The van der Waals surface area contributed by atoms with E-state index in [0.29, 0.717) is 33.8 Å². The minimum Gasteiger partial charge on any atom is -0.495 e. The van der Waals surface area contributed by atoms with Crippen molar-refractivity contribution in [3.63, 3.8) is 0 Å². The van der Waals surface area contributed by atoms with E-state index in [1.165, 1.54) is 14.2 Å². The number of carbonyl (C=O) groups excluding carboxylic acids is 1. The van der Waals surface area contributed by atoms with Crippen molar-refractivity contribution in [2.45, 2.75) is 40.0 Å². The Morgan fingerprint density at radius 1 is 1.26 bits per heavy atom. The Hall–Kier alpha value is -2.21. The van der Waals surface area contributed by atoms with Gasteiger partial charge in [-0.25, -0.2) is 0 Å².